The molecule has 0 aliphatic rings. The number of amidine groups is 1. The molecule has 0 fully saturated rings. The predicted octanol–water partition coefficient (Wildman–Crippen LogP) is 2.54. The molecule has 6 heteroatoms. The van der Waals surface area contributed by atoms with Gasteiger partial charge in [-0.15, -0.1) is 0 Å². The highest BCUT2D eigenvalue weighted by atomic mass is 35.5. The summed E-state index contributed by atoms with van der Waals surface area (Å²) in [6.07, 6.45) is 0. The van der Waals surface area contributed by atoms with Crippen LogP contribution in [0.3, 0.4) is 0 Å². The number of nitrogens with zero attached hydrogens (tertiary/aromatic N) is 1. The highest BCUT2D eigenvalue weighted by Crippen LogP contribution is 2.25. The van der Waals surface area contributed by atoms with E-state index in [1.165, 1.54) is 0 Å². The van der Waals surface area contributed by atoms with Crippen LogP contribution in [0.15, 0.2) is 23.4 Å². The van der Waals surface area contributed by atoms with E-state index in [4.69, 9.17) is 34.1 Å². The monoisotopic (exact) mass is 247 g/mol. The summed E-state index contributed by atoms with van der Waals surface area (Å²) >= 11 is 11.6. The van der Waals surface area contributed by atoms with E-state index in [-0.39, 0.29) is 11.9 Å². The van der Waals surface area contributed by atoms with Crippen molar-refractivity contribution in [1.29, 1.82) is 0 Å². The van der Waals surface area contributed by atoms with E-state index in [1.807, 2.05) is 0 Å². The number of benzene rings is 1. The Labute approximate surface area is 97.7 Å². The number of nitrogens with one attached hydrogen (secondary N) is 1. The molecule has 1 rings (SSSR count). The van der Waals surface area contributed by atoms with Crippen LogP contribution in [0.2, 0.25) is 10.0 Å². The van der Waals surface area contributed by atoms with Crippen LogP contribution < -0.4 is 11.1 Å². The summed E-state index contributed by atoms with van der Waals surface area (Å²) in [4.78, 5) is 0. The lowest BCUT2D eigenvalue weighted by Gasteiger charge is -2.13. The summed E-state index contributed by atoms with van der Waals surface area (Å²) < 4.78 is 0. The van der Waals surface area contributed by atoms with E-state index in [9.17, 15) is 0 Å². The van der Waals surface area contributed by atoms with Crippen molar-refractivity contribution in [2.45, 2.75) is 13.0 Å². The van der Waals surface area contributed by atoms with E-state index >= 15 is 0 Å². The van der Waals surface area contributed by atoms with Crippen molar-refractivity contribution in [1.82, 2.24) is 0 Å². The number of oxime groups is 1. The fourth-order valence-electron chi connectivity index (χ4n) is 0.996. The van der Waals surface area contributed by atoms with Gasteiger partial charge in [0.15, 0.2) is 5.84 Å². The summed E-state index contributed by atoms with van der Waals surface area (Å²) in [6.45, 7) is 1.76. The zero-order valence-electron chi connectivity index (χ0n) is 8.04. The van der Waals surface area contributed by atoms with E-state index in [0.717, 1.165) is 5.69 Å². The molecule has 0 saturated heterocycles. The molecule has 0 saturated carbocycles. The Morgan fingerprint density at radius 1 is 1.47 bits per heavy atom. The van der Waals surface area contributed by atoms with Crippen LogP contribution in [-0.2, 0) is 0 Å². The maximum Gasteiger partial charge on any atom is 0.161 e. The molecule has 1 unspecified atom stereocenters. The SMILES string of the molecule is CC(Nc1ccc(Cl)c(Cl)c1)C(N)=NO. The number of halogens is 2. The van der Waals surface area contributed by atoms with E-state index in [0.29, 0.717) is 10.0 Å². The topological polar surface area (TPSA) is 70.6 Å². The summed E-state index contributed by atoms with van der Waals surface area (Å²) in [5.74, 6) is 0.0982. The largest absolute Gasteiger partial charge is 0.409 e. The minimum absolute atomic E-state index is 0.0982. The molecule has 0 aromatic heterocycles. The zero-order valence-corrected chi connectivity index (χ0v) is 9.55. The molecule has 0 aliphatic carbocycles. The molecule has 82 valence electrons. The molecule has 1 atom stereocenters. The normalized spacial score (nSPS) is 13.7. The van der Waals surface area contributed by atoms with Crippen molar-refractivity contribution in [2.75, 3.05) is 5.32 Å². The van der Waals surface area contributed by atoms with Crippen LogP contribution in [0.1, 0.15) is 6.92 Å². The molecule has 1 aromatic carbocycles. The molecule has 1 aromatic rings. The van der Waals surface area contributed by atoms with Crippen molar-refractivity contribution < 1.29 is 5.21 Å². The van der Waals surface area contributed by atoms with Gasteiger partial charge >= 0.3 is 0 Å². The maximum absolute atomic E-state index is 8.46. The van der Waals surface area contributed by atoms with Crippen LogP contribution in [0.4, 0.5) is 5.69 Å². The number of nitrogens with two attached hydrogens (primary N) is 1. The molecule has 0 spiro atoms. The minimum atomic E-state index is -0.285. The van der Waals surface area contributed by atoms with Crippen molar-refractivity contribution in [3.05, 3.63) is 28.2 Å². The zero-order chi connectivity index (χ0) is 11.4. The average molecular weight is 248 g/mol. The quantitative estimate of drug-likeness (QED) is 0.333. The van der Waals surface area contributed by atoms with E-state index in [1.54, 1.807) is 25.1 Å². The molecule has 4 nitrogen and oxygen atoms in total. The highest BCUT2D eigenvalue weighted by Gasteiger charge is 2.07. The third-order valence-corrected chi connectivity index (χ3v) is 2.60. The fraction of sp³-hybridized carbons (Fsp3) is 0.222. The predicted molar refractivity (Wildman–Crippen MR) is 63.0 cm³/mol. The fourth-order valence-corrected chi connectivity index (χ4v) is 1.29. The van der Waals surface area contributed by atoms with Gasteiger partial charge in [0.05, 0.1) is 16.1 Å². The Balaban J connectivity index is 2.77. The summed E-state index contributed by atoms with van der Waals surface area (Å²) in [5, 5.41) is 15.3. The lowest BCUT2D eigenvalue weighted by atomic mass is 10.2. The van der Waals surface area contributed by atoms with Crippen molar-refractivity contribution >= 4 is 34.7 Å². The summed E-state index contributed by atoms with van der Waals surface area (Å²) in [7, 11) is 0. The second-order valence-electron chi connectivity index (χ2n) is 3.02. The molecular formula is C9H11Cl2N3O. The second-order valence-corrected chi connectivity index (χ2v) is 3.83. The van der Waals surface area contributed by atoms with Gasteiger partial charge in [-0.3, -0.25) is 0 Å². The Morgan fingerprint density at radius 3 is 2.67 bits per heavy atom. The van der Waals surface area contributed by atoms with Crippen molar-refractivity contribution in [3.63, 3.8) is 0 Å². The lowest BCUT2D eigenvalue weighted by molar-refractivity contribution is 0.316. The van der Waals surface area contributed by atoms with Crippen molar-refractivity contribution in [3.8, 4) is 0 Å². The number of anilines is 1. The molecule has 0 amide bonds. The van der Waals surface area contributed by atoms with Gasteiger partial charge in [-0.1, -0.05) is 28.4 Å². The first-order valence-corrected chi connectivity index (χ1v) is 4.99. The summed E-state index contributed by atoms with van der Waals surface area (Å²) in [5.41, 5.74) is 6.16. The average Bonchev–Trinajstić information content (AvgIpc) is 2.22. The first kappa shape index (κ1) is 11.9. The molecule has 0 radical (unpaired) electrons. The summed E-state index contributed by atoms with van der Waals surface area (Å²) in [6, 6.07) is 4.82. The second kappa shape index (κ2) is 5.09. The third-order valence-electron chi connectivity index (χ3n) is 1.86. The van der Waals surface area contributed by atoms with Gasteiger partial charge in [0.1, 0.15) is 0 Å². The van der Waals surface area contributed by atoms with Gasteiger partial charge in [-0.25, -0.2) is 0 Å². The minimum Gasteiger partial charge on any atom is -0.409 e. The van der Waals surface area contributed by atoms with Gasteiger partial charge in [-0.2, -0.15) is 0 Å². The smallest absolute Gasteiger partial charge is 0.161 e. The van der Waals surface area contributed by atoms with Gasteiger partial charge < -0.3 is 16.3 Å². The van der Waals surface area contributed by atoms with Crippen LogP contribution in [0.25, 0.3) is 0 Å². The van der Waals surface area contributed by atoms with Crippen LogP contribution in [-0.4, -0.2) is 17.1 Å². The first-order valence-electron chi connectivity index (χ1n) is 4.23. The molecular weight excluding hydrogens is 237 g/mol. The Bertz CT molecular complexity index is 382. The molecule has 0 bridgehead atoms. The molecule has 4 N–H and O–H groups in total. The Kier molecular flexibility index (Phi) is 4.05. The Hall–Kier alpha value is -1.13. The number of hydrogen-bond acceptors (Lipinski definition) is 3. The molecule has 0 aliphatic heterocycles. The molecule has 0 heterocycles. The molecule has 15 heavy (non-hydrogen) atoms. The maximum atomic E-state index is 8.46. The van der Waals surface area contributed by atoms with Crippen LogP contribution in [0.5, 0.6) is 0 Å². The van der Waals surface area contributed by atoms with Crippen LogP contribution >= 0.6 is 23.2 Å². The van der Waals surface area contributed by atoms with Gasteiger partial charge in [0.2, 0.25) is 0 Å². The highest BCUT2D eigenvalue weighted by molar-refractivity contribution is 6.42. The lowest BCUT2D eigenvalue weighted by Crippen LogP contribution is -2.32. The van der Waals surface area contributed by atoms with Gasteiger partial charge in [0, 0.05) is 5.69 Å². The van der Waals surface area contributed by atoms with Gasteiger partial charge in [-0.05, 0) is 25.1 Å². The van der Waals surface area contributed by atoms with E-state index < -0.39 is 0 Å². The van der Waals surface area contributed by atoms with Gasteiger partial charge in [0.25, 0.3) is 0 Å². The first-order chi connectivity index (χ1) is 7.04. The van der Waals surface area contributed by atoms with Crippen LogP contribution in [0, 0.1) is 0 Å². The number of rotatable bonds is 3. The van der Waals surface area contributed by atoms with Crippen molar-refractivity contribution in [2.24, 2.45) is 10.9 Å². The Morgan fingerprint density at radius 2 is 2.13 bits per heavy atom. The number of hydrogen-bond donors (Lipinski definition) is 3. The van der Waals surface area contributed by atoms with E-state index in [2.05, 4.69) is 10.5 Å². The standard InChI is InChI=1S/C9H11Cl2N3O/c1-5(9(12)14-15)13-6-2-3-7(10)8(11)4-6/h2-5,13,15H,1H3,(H2,12,14). The third kappa shape index (κ3) is 3.18.